The van der Waals surface area contributed by atoms with Crippen molar-refractivity contribution in [2.75, 3.05) is 0 Å². The Morgan fingerprint density at radius 2 is 0.596 bits per heavy atom. The smallest absolute Gasteiger partial charge is 0.137 e. The molecule has 0 spiro atoms. The van der Waals surface area contributed by atoms with E-state index in [-0.39, 0.29) is 0 Å². The third-order valence-electron chi connectivity index (χ3n) is 26.8. The Morgan fingerprint density at radius 1 is 0.221 bits per heavy atom. The number of aliphatic imine (C=N–C) groups is 1. The number of benzene rings is 13. The molecular weight excluding hydrogens is 1660 g/mol. The fraction of sp³-hybridized carbons (Fsp3) is 0.0328. The predicted octanol–water partition coefficient (Wildman–Crippen LogP) is 30.2. The average molecular weight is 1750 g/mol. The third-order valence-corrected chi connectivity index (χ3v) is 26.8. The number of hydrogen-bond acceptors (Lipinski definition) is 6. The van der Waals surface area contributed by atoms with Crippen molar-refractivity contribution in [2.45, 2.75) is 25.7 Å². The minimum Gasteiger partial charge on any atom is -0.315 e. The van der Waals surface area contributed by atoms with Crippen molar-refractivity contribution in [1.29, 1.82) is 0 Å². The second-order valence-electron chi connectivity index (χ2n) is 34.5. The van der Waals surface area contributed by atoms with E-state index in [0.29, 0.717) is 0 Å². The average Bonchev–Trinajstić information content (AvgIpc) is 1.58. The van der Waals surface area contributed by atoms with E-state index < -0.39 is 0 Å². The van der Waals surface area contributed by atoms with Gasteiger partial charge in [0, 0.05) is 190 Å². The molecule has 0 saturated heterocycles. The second kappa shape index (κ2) is 34.3. The first kappa shape index (κ1) is 80.0. The normalized spacial score (nSPS) is 12.7. The Bertz CT molecular complexity index is 8510. The van der Waals surface area contributed by atoms with Crippen molar-refractivity contribution in [3.8, 4) is 73.7 Å². The van der Waals surface area contributed by atoms with Gasteiger partial charge in [-0.05, 0) is 218 Å². The highest BCUT2D eigenvalue weighted by molar-refractivity contribution is 6.22. The van der Waals surface area contributed by atoms with Crippen LogP contribution in [0.4, 0.5) is 0 Å². The molecule has 14 heteroatoms. The number of nitrogens with zero attached hydrogens (tertiary/aromatic N) is 14. The summed E-state index contributed by atoms with van der Waals surface area (Å²) in [5.41, 5.74) is 30.6. The number of hydrogen-bond donors (Lipinski definition) is 0. The fourth-order valence-electron chi connectivity index (χ4n) is 20.5. The first-order valence-corrected chi connectivity index (χ1v) is 46.3. The molecule has 0 bridgehead atoms. The van der Waals surface area contributed by atoms with Crippen LogP contribution >= 0.6 is 0 Å². The van der Waals surface area contributed by atoms with Gasteiger partial charge >= 0.3 is 0 Å². The van der Waals surface area contributed by atoms with Gasteiger partial charge in [-0.1, -0.05) is 224 Å². The fourth-order valence-corrected chi connectivity index (χ4v) is 20.5. The zero-order valence-corrected chi connectivity index (χ0v) is 74.1. The molecule has 1 aliphatic heterocycles. The summed E-state index contributed by atoms with van der Waals surface area (Å²) in [5, 5.41) is 14.9. The molecule has 13 aromatic heterocycles. The summed E-state index contributed by atoms with van der Waals surface area (Å²) in [4.78, 5) is 27.3. The van der Waals surface area contributed by atoms with Crippen molar-refractivity contribution >= 4 is 143 Å². The molecule has 1 aliphatic carbocycles. The van der Waals surface area contributed by atoms with Crippen LogP contribution in [0.5, 0.6) is 0 Å². The lowest BCUT2D eigenvalue weighted by molar-refractivity contribution is 0.893. The van der Waals surface area contributed by atoms with Gasteiger partial charge in [0.25, 0.3) is 0 Å². The molecule has 0 N–H and O–H groups in total. The minimum atomic E-state index is 0.888. The lowest BCUT2D eigenvalue weighted by atomic mass is 9.93. The summed E-state index contributed by atoms with van der Waals surface area (Å²) >= 11 is 0. The van der Waals surface area contributed by atoms with Gasteiger partial charge < -0.3 is 27.4 Å². The van der Waals surface area contributed by atoms with Crippen molar-refractivity contribution in [3.05, 3.63) is 480 Å². The van der Waals surface area contributed by atoms with Crippen LogP contribution in [0, 0.1) is 0 Å². The molecule has 13 aromatic carbocycles. The Labute approximate surface area is 783 Å². The van der Waals surface area contributed by atoms with Crippen molar-refractivity contribution < 1.29 is 0 Å². The van der Waals surface area contributed by atoms with E-state index in [2.05, 4.69) is 433 Å². The van der Waals surface area contributed by atoms with Crippen LogP contribution < -0.4 is 0 Å². The number of fused-ring (bicyclic) bond motifs is 20. The Morgan fingerprint density at radius 3 is 0.985 bits per heavy atom. The largest absolute Gasteiger partial charge is 0.315 e. The standard InChI is InChI=1S/C31H21N3.C31H25N3.2C30H20N4/c1-2-8-24(9-3-1)33-21-19-23-15-18-27-26-10-4-5-12-29(26)34(31(27)30(23)33)25-16-13-22(14-17-25)28-11-6-7-20-32-28;1-2-8-25(9-3-1)33-20-18-23-14-17-28-27-10-4-5-11-29(27)34(31(28)30(23)33)26-15-12-22(13-16-26)24-7-6-19-32-21-24;1-2-8-23(9-3-1)33-19-17-21-13-15-25-24-10-4-5-12-27(24)34(30(25)29(21)33)28-16-14-22(20-32-28)26-11-6-7-18-31-26;1-2-6-24(7-3-1)33-19-16-22-10-12-26-25-8-4-5-9-27(25)34(30(26)29(22)33)28-13-11-23(20-32-28)21-14-17-31-18-15-21/h1-21H;1-5,8-12,14-15,17-21H,6-7,13,16H2;2*1-20H. The van der Waals surface area contributed by atoms with E-state index in [1.165, 1.54) is 131 Å². The summed E-state index contributed by atoms with van der Waals surface area (Å²) < 4.78 is 18.7. The van der Waals surface area contributed by atoms with Crippen molar-refractivity contribution in [1.82, 2.24) is 61.5 Å². The second-order valence-corrected chi connectivity index (χ2v) is 34.5. The first-order valence-electron chi connectivity index (χ1n) is 46.3. The van der Waals surface area contributed by atoms with Crippen molar-refractivity contribution in [3.63, 3.8) is 0 Å². The Kier molecular flexibility index (Phi) is 20.2. The minimum absolute atomic E-state index is 0.888. The molecular formula is C122H86N14. The van der Waals surface area contributed by atoms with Crippen molar-refractivity contribution in [2.24, 2.45) is 4.99 Å². The van der Waals surface area contributed by atoms with Crippen LogP contribution in [0.1, 0.15) is 25.7 Å². The third kappa shape index (κ3) is 14.0. The highest BCUT2D eigenvalue weighted by Gasteiger charge is 2.26. The molecule has 0 amide bonds. The van der Waals surface area contributed by atoms with E-state index in [0.717, 1.165) is 116 Å². The molecule has 0 unspecified atom stereocenters. The van der Waals surface area contributed by atoms with Gasteiger partial charge in [-0.2, -0.15) is 0 Å². The lowest BCUT2D eigenvalue weighted by Gasteiger charge is -2.20. The quantitative estimate of drug-likeness (QED) is 0.121. The lowest BCUT2D eigenvalue weighted by Crippen LogP contribution is -2.04. The number of rotatable bonds is 12. The summed E-state index contributed by atoms with van der Waals surface area (Å²) in [6.07, 6.45) is 32.7. The van der Waals surface area contributed by atoms with E-state index in [1.54, 1.807) is 0 Å². The Hall–Kier alpha value is -18.1. The number of pyridine rings is 5. The summed E-state index contributed by atoms with van der Waals surface area (Å²) in [6.45, 7) is 0. The topological polar surface area (TPSA) is 116 Å². The summed E-state index contributed by atoms with van der Waals surface area (Å²) in [7, 11) is 0. The van der Waals surface area contributed by atoms with Gasteiger partial charge in [0.15, 0.2) is 0 Å². The van der Waals surface area contributed by atoms with Crippen LogP contribution in [0.15, 0.2) is 485 Å². The maximum Gasteiger partial charge on any atom is 0.137 e. The van der Waals surface area contributed by atoms with Crippen LogP contribution in [-0.4, -0.2) is 67.7 Å². The molecule has 14 heterocycles. The van der Waals surface area contributed by atoms with Crippen LogP contribution in [-0.2, 0) is 0 Å². The molecule has 0 saturated carbocycles. The molecule has 0 fully saturated rings. The van der Waals surface area contributed by atoms with Gasteiger partial charge in [-0.15, -0.1) is 0 Å². The molecule has 14 nitrogen and oxygen atoms in total. The molecule has 0 radical (unpaired) electrons. The summed E-state index contributed by atoms with van der Waals surface area (Å²) in [5.74, 6) is 1.79. The van der Waals surface area contributed by atoms with Gasteiger partial charge in [-0.3, -0.25) is 29.1 Å². The number of para-hydroxylation sites is 8. The van der Waals surface area contributed by atoms with E-state index in [4.69, 9.17) is 9.97 Å². The van der Waals surface area contributed by atoms with Crippen LogP contribution in [0.3, 0.4) is 0 Å². The monoisotopic (exact) mass is 1750 g/mol. The first-order chi connectivity index (χ1) is 67.5. The molecule has 2 aliphatic rings. The predicted molar refractivity (Wildman–Crippen MR) is 562 cm³/mol. The number of aromatic nitrogens is 13. The van der Waals surface area contributed by atoms with Crippen LogP contribution in [0.25, 0.3) is 210 Å². The van der Waals surface area contributed by atoms with E-state index in [1.807, 2.05) is 98.1 Å². The molecule has 26 aromatic rings. The molecule has 644 valence electrons. The maximum atomic E-state index is 4.92. The highest BCUT2D eigenvalue weighted by atomic mass is 15.1. The van der Waals surface area contributed by atoms with Gasteiger partial charge in [0.1, 0.15) is 11.6 Å². The SMILES string of the molecule is C1=NC=C(C2=CC=C(n3c4ccccc4c4ccc5ccn(-c6ccccc6)c5c43)CC2)CC1.c1ccc(-n2ccc3ccc4c5ccccc5n(-c5ccc(-c6ccccn6)cc5)c4c32)cc1.c1ccc(-n2ccc3ccc4c5ccccc5n(-c5ccc(-c6ccccn6)cn5)c4c32)cc1.c1ccc(-n2ccc3ccc4c5ccccc5n(-c5ccc(-c6ccncc6)cn5)c4c32)cc1. The highest BCUT2D eigenvalue weighted by Crippen LogP contribution is 2.45. The zero-order valence-electron chi connectivity index (χ0n) is 74.1. The maximum absolute atomic E-state index is 4.92. The van der Waals surface area contributed by atoms with Gasteiger partial charge in [-0.25, -0.2) is 9.97 Å². The van der Waals surface area contributed by atoms with Crippen LogP contribution in [0.2, 0.25) is 0 Å². The molecule has 28 rings (SSSR count). The molecule has 0 atom stereocenters. The van der Waals surface area contributed by atoms with Gasteiger partial charge in [0.05, 0.1) is 77.6 Å². The molecule has 136 heavy (non-hydrogen) atoms. The summed E-state index contributed by atoms with van der Waals surface area (Å²) in [6, 6.07) is 137. The number of allylic oxidation sites excluding steroid dienone is 5. The zero-order chi connectivity index (χ0) is 89.9. The van der Waals surface area contributed by atoms with E-state index in [9.17, 15) is 0 Å². The van der Waals surface area contributed by atoms with E-state index >= 15 is 0 Å². The Balaban J connectivity index is 0.0000000965. The van der Waals surface area contributed by atoms with Gasteiger partial charge in [0.2, 0.25) is 0 Å².